The molecule has 6 nitrogen and oxygen atoms in total. The summed E-state index contributed by atoms with van der Waals surface area (Å²) in [5, 5.41) is 9.47. The van der Waals surface area contributed by atoms with Crippen molar-refractivity contribution in [2.45, 2.75) is 6.92 Å². The molecular formula is C23H17NO5. The van der Waals surface area contributed by atoms with E-state index in [1.54, 1.807) is 30.3 Å². The number of benzene rings is 2. The Morgan fingerprint density at radius 1 is 1.07 bits per heavy atom. The molecule has 0 atom stereocenters. The number of allylic oxidation sites excluding steroid dienone is 1. The van der Waals surface area contributed by atoms with E-state index in [0.29, 0.717) is 11.1 Å². The Kier molecular flexibility index (Phi) is 5.91. The predicted octanol–water partition coefficient (Wildman–Crippen LogP) is 4.61. The van der Waals surface area contributed by atoms with Crippen LogP contribution in [0, 0.1) is 18.3 Å². The molecule has 0 unspecified atom stereocenters. The topological polar surface area (TPSA) is 89.5 Å². The maximum atomic E-state index is 12.7. The van der Waals surface area contributed by atoms with Gasteiger partial charge in [-0.05, 0) is 48.4 Å². The number of esters is 1. The molecule has 0 bridgehead atoms. The molecule has 0 radical (unpaired) electrons. The molecule has 0 aliphatic rings. The average Bonchev–Trinajstić information content (AvgIpc) is 3.28. The van der Waals surface area contributed by atoms with Crippen LogP contribution < -0.4 is 9.47 Å². The lowest BCUT2D eigenvalue weighted by Crippen LogP contribution is -2.08. The quantitative estimate of drug-likeness (QED) is 0.202. The van der Waals surface area contributed by atoms with Gasteiger partial charge in [0.05, 0.1) is 13.4 Å². The van der Waals surface area contributed by atoms with E-state index in [-0.39, 0.29) is 28.6 Å². The number of aryl methyl sites for hydroxylation is 1. The minimum atomic E-state index is -0.663. The van der Waals surface area contributed by atoms with Crippen molar-refractivity contribution in [3.8, 4) is 17.6 Å². The minimum Gasteiger partial charge on any atom is -0.493 e. The van der Waals surface area contributed by atoms with E-state index in [1.165, 1.54) is 31.6 Å². The number of rotatable bonds is 6. The van der Waals surface area contributed by atoms with Crippen molar-refractivity contribution in [2.24, 2.45) is 0 Å². The second-order valence-corrected chi connectivity index (χ2v) is 6.09. The summed E-state index contributed by atoms with van der Waals surface area (Å²) in [5.74, 6) is -0.498. The van der Waals surface area contributed by atoms with Gasteiger partial charge in [-0.15, -0.1) is 0 Å². The Balaban J connectivity index is 1.88. The van der Waals surface area contributed by atoms with E-state index in [1.807, 2.05) is 25.1 Å². The molecule has 6 heteroatoms. The number of ether oxygens (including phenoxy) is 2. The van der Waals surface area contributed by atoms with Crippen molar-refractivity contribution >= 4 is 17.8 Å². The molecule has 3 aromatic rings. The van der Waals surface area contributed by atoms with Crippen molar-refractivity contribution < 1.29 is 23.5 Å². The van der Waals surface area contributed by atoms with Crippen LogP contribution in [0.3, 0.4) is 0 Å². The SMILES string of the molecule is COc1cc(/C=C(\C#N)C(=O)c2ccccc2C)ccc1OC(=O)c1ccco1. The van der Waals surface area contributed by atoms with Gasteiger partial charge in [-0.25, -0.2) is 4.79 Å². The van der Waals surface area contributed by atoms with Crippen LogP contribution in [0.5, 0.6) is 11.5 Å². The summed E-state index contributed by atoms with van der Waals surface area (Å²) in [5.41, 5.74) is 1.80. The molecule has 2 aromatic carbocycles. The fourth-order valence-electron chi connectivity index (χ4n) is 2.69. The predicted molar refractivity (Wildman–Crippen MR) is 106 cm³/mol. The summed E-state index contributed by atoms with van der Waals surface area (Å²) in [4.78, 5) is 24.8. The zero-order chi connectivity index (χ0) is 20.8. The lowest BCUT2D eigenvalue weighted by atomic mass is 9.98. The first-order chi connectivity index (χ1) is 14.0. The number of ketones is 1. The normalized spacial score (nSPS) is 10.9. The van der Waals surface area contributed by atoms with Gasteiger partial charge in [0, 0.05) is 5.56 Å². The maximum absolute atomic E-state index is 12.7. The van der Waals surface area contributed by atoms with Crippen molar-refractivity contribution in [1.29, 1.82) is 5.26 Å². The first-order valence-electron chi connectivity index (χ1n) is 8.69. The van der Waals surface area contributed by atoms with Gasteiger partial charge in [0.15, 0.2) is 11.5 Å². The Morgan fingerprint density at radius 3 is 2.52 bits per heavy atom. The van der Waals surface area contributed by atoms with Crippen LogP contribution in [0.1, 0.15) is 32.0 Å². The van der Waals surface area contributed by atoms with E-state index in [9.17, 15) is 14.9 Å². The van der Waals surface area contributed by atoms with Gasteiger partial charge in [0.25, 0.3) is 0 Å². The van der Waals surface area contributed by atoms with Crippen LogP contribution in [0.4, 0.5) is 0 Å². The Morgan fingerprint density at radius 2 is 1.86 bits per heavy atom. The smallest absolute Gasteiger partial charge is 0.379 e. The highest BCUT2D eigenvalue weighted by Crippen LogP contribution is 2.30. The third-order valence-electron chi connectivity index (χ3n) is 4.18. The van der Waals surface area contributed by atoms with Crippen LogP contribution in [-0.2, 0) is 0 Å². The van der Waals surface area contributed by atoms with Gasteiger partial charge in [-0.2, -0.15) is 5.26 Å². The van der Waals surface area contributed by atoms with Crippen LogP contribution in [0.15, 0.2) is 70.9 Å². The number of hydrogen-bond acceptors (Lipinski definition) is 6. The first kappa shape index (κ1) is 19.6. The number of carbonyl (C=O) groups excluding carboxylic acids is 2. The number of nitrogens with zero attached hydrogens (tertiary/aromatic N) is 1. The second-order valence-electron chi connectivity index (χ2n) is 6.09. The standard InChI is InChI=1S/C23H17NO5/c1-15-6-3-4-7-18(15)22(25)17(14-24)12-16-9-10-19(21(13-16)27-2)29-23(26)20-8-5-11-28-20/h3-13H,1-2H3/b17-12+. The van der Waals surface area contributed by atoms with E-state index in [2.05, 4.69) is 0 Å². The summed E-state index contributed by atoms with van der Waals surface area (Å²) in [6.07, 6.45) is 2.84. The number of nitriles is 1. The number of methoxy groups -OCH3 is 1. The molecule has 1 heterocycles. The monoisotopic (exact) mass is 387 g/mol. The van der Waals surface area contributed by atoms with Crippen LogP contribution in [-0.4, -0.2) is 18.9 Å². The number of Topliss-reactive ketones (excluding diaryl/α,β-unsaturated/α-hetero) is 1. The Labute approximate surface area is 167 Å². The summed E-state index contributed by atoms with van der Waals surface area (Å²) >= 11 is 0. The molecule has 29 heavy (non-hydrogen) atoms. The molecule has 0 fully saturated rings. The van der Waals surface area contributed by atoms with Crippen LogP contribution >= 0.6 is 0 Å². The molecule has 0 saturated heterocycles. The van der Waals surface area contributed by atoms with Crippen molar-refractivity contribution in [2.75, 3.05) is 7.11 Å². The molecule has 0 aliphatic heterocycles. The minimum absolute atomic E-state index is 0.0123. The summed E-state index contributed by atoms with van der Waals surface area (Å²) in [7, 11) is 1.43. The molecular weight excluding hydrogens is 370 g/mol. The Bertz CT molecular complexity index is 1120. The highest BCUT2D eigenvalue weighted by atomic mass is 16.6. The van der Waals surface area contributed by atoms with Gasteiger partial charge in [-0.3, -0.25) is 4.79 Å². The van der Waals surface area contributed by atoms with Gasteiger partial charge in [-0.1, -0.05) is 30.3 Å². The van der Waals surface area contributed by atoms with Crippen LogP contribution in [0.25, 0.3) is 6.08 Å². The second kappa shape index (κ2) is 8.72. The highest BCUT2D eigenvalue weighted by Gasteiger charge is 2.17. The van der Waals surface area contributed by atoms with E-state index < -0.39 is 5.97 Å². The zero-order valence-corrected chi connectivity index (χ0v) is 15.8. The third-order valence-corrected chi connectivity index (χ3v) is 4.18. The van der Waals surface area contributed by atoms with Gasteiger partial charge >= 0.3 is 5.97 Å². The van der Waals surface area contributed by atoms with E-state index in [0.717, 1.165) is 5.56 Å². The van der Waals surface area contributed by atoms with Crippen molar-refractivity contribution in [3.05, 3.63) is 88.9 Å². The number of carbonyl (C=O) groups is 2. The molecule has 144 valence electrons. The van der Waals surface area contributed by atoms with Gasteiger partial charge in [0.1, 0.15) is 11.6 Å². The van der Waals surface area contributed by atoms with E-state index >= 15 is 0 Å². The molecule has 0 saturated carbocycles. The summed E-state index contributed by atoms with van der Waals surface area (Å²) in [6, 6.07) is 16.8. The van der Waals surface area contributed by atoms with Crippen LogP contribution in [0.2, 0.25) is 0 Å². The first-order valence-corrected chi connectivity index (χ1v) is 8.69. The lowest BCUT2D eigenvalue weighted by Gasteiger charge is -2.09. The molecule has 0 spiro atoms. The average molecular weight is 387 g/mol. The summed E-state index contributed by atoms with van der Waals surface area (Å²) in [6.45, 7) is 1.81. The molecule has 0 amide bonds. The summed E-state index contributed by atoms with van der Waals surface area (Å²) < 4.78 is 15.6. The lowest BCUT2D eigenvalue weighted by molar-refractivity contribution is 0.0696. The van der Waals surface area contributed by atoms with Gasteiger partial charge < -0.3 is 13.9 Å². The largest absolute Gasteiger partial charge is 0.493 e. The number of hydrogen-bond donors (Lipinski definition) is 0. The molecule has 0 N–H and O–H groups in total. The maximum Gasteiger partial charge on any atom is 0.379 e. The highest BCUT2D eigenvalue weighted by molar-refractivity contribution is 6.14. The molecule has 0 aliphatic carbocycles. The Hall–Kier alpha value is -4.11. The fourth-order valence-corrected chi connectivity index (χ4v) is 2.69. The molecule has 3 rings (SSSR count). The van der Waals surface area contributed by atoms with Crippen molar-refractivity contribution in [1.82, 2.24) is 0 Å². The third kappa shape index (κ3) is 4.42. The van der Waals surface area contributed by atoms with Gasteiger partial charge in [0.2, 0.25) is 11.5 Å². The zero-order valence-electron chi connectivity index (χ0n) is 15.8. The fraction of sp³-hybridized carbons (Fsp3) is 0.0870. The molecule has 1 aromatic heterocycles. The number of furan rings is 1. The van der Waals surface area contributed by atoms with Crippen molar-refractivity contribution in [3.63, 3.8) is 0 Å². The van der Waals surface area contributed by atoms with E-state index in [4.69, 9.17) is 13.9 Å².